The number of carbonyl (C=O) groups is 2. The van der Waals surface area contributed by atoms with Gasteiger partial charge in [-0.25, -0.2) is 0 Å². The maximum absolute atomic E-state index is 12.7. The minimum absolute atomic E-state index is 0.0676. The van der Waals surface area contributed by atoms with Crippen LogP contribution in [-0.2, 0) is 0 Å². The van der Waals surface area contributed by atoms with Gasteiger partial charge in [-0.15, -0.1) is 0 Å². The zero-order valence-electron chi connectivity index (χ0n) is 13.3. The zero-order valence-corrected chi connectivity index (χ0v) is 13.3. The lowest BCUT2D eigenvalue weighted by Crippen LogP contribution is -2.41. The van der Waals surface area contributed by atoms with E-state index >= 15 is 0 Å². The van der Waals surface area contributed by atoms with Crippen molar-refractivity contribution >= 4 is 28.3 Å². The molecule has 2 aromatic rings. The van der Waals surface area contributed by atoms with Crippen molar-refractivity contribution in [3.63, 3.8) is 0 Å². The number of carbonyl (C=O) groups excluding carboxylic acids is 2. The molecule has 0 fully saturated rings. The highest BCUT2D eigenvalue weighted by Gasteiger charge is 2.32. The SMILES string of the molecule is O=C1c2cccc3c(NCCCO)ccc(c23)C(=O)N1CCCO. The van der Waals surface area contributed by atoms with Crippen LogP contribution in [0.4, 0.5) is 5.69 Å². The average Bonchev–Trinajstić information content (AvgIpc) is 2.60. The summed E-state index contributed by atoms with van der Waals surface area (Å²) in [6, 6.07) is 8.97. The molecule has 0 unspecified atom stereocenters. The van der Waals surface area contributed by atoms with Crippen molar-refractivity contribution in [1.82, 2.24) is 4.90 Å². The molecule has 0 saturated heterocycles. The van der Waals surface area contributed by atoms with Crippen molar-refractivity contribution in [3.05, 3.63) is 41.5 Å². The molecule has 3 N–H and O–H groups in total. The molecule has 1 aliphatic heterocycles. The lowest BCUT2D eigenvalue weighted by atomic mass is 9.93. The number of nitrogens with one attached hydrogen (secondary N) is 1. The standard InChI is InChI=1S/C18H20N2O4/c21-10-2-8-19-15-7-6-14-16-12(15)4-1-5-13(16)17(23)20(18(14)24)9-3-11-22/h1,4-7,19,21-22H,2-3,8-11H2. The molecule has 0 radical (unpaired) electrons. The third-order valence-electron chi connectivity index (χ3n) is 4.18. The molecule has 6 nitrogen and oxygen atoms in total. The molecule has 2 aromatic carbocycles. The van der Waals surface area contributed by atoms with Crippen molar-refractivity contribution in [3.8, 4) is 0 Å². The van der Waals surface area contributed by atoms with Crippen LogP contribution in [0.3, 0.4) is 0 Å². The average molecular weight is 328 g/mol. The summed E-state index contributed by atoms with van der Waals surface area (Å²) in [5.41, 5.74) is 1.85. The molecule has 0 bridgehead atoms. The molecule has 0 atom stereocenters. The smallest absolute Gasteiger partial charge is 0.261 e. The molecular formula is C18H20N2O4. The van der Waals surface area contributed by atoms with Gasteiger partial charge in [0.05, 0.1) is 0 Å². The molecule has 0 saturated carbocycles. The number of hydrogen-bond acceptors (Lipinski definition) is 5. The van der Waals surface area contributed by atoms with Crippen molar-refractivity contribution in [2.75, 3.05) is 31.6 Å². The number of rotatable bonds is 7. The van der Waals surface area contributed by atoms with Gasteiger partial charge in [0.15, 0.2) is 0 Å². The molecule has 24 heavy (non-hydrogen) atoms. The maximum Gasteiger partial charge on any atom is 0.261 e. The third kappa shape index (κ3) is 2.74. The summed E-state index contributed by atoms with van der Waals surface area (Å²) in [5.74, 6) is -0.641. The van der Waals surface area contributed by atoms with Crippen LogP contribution in [0.5, 0.6) is 0 Å². The third-order valence-corrected chi connectivity index (χ3v) is 4.18. The number of aliphatic hydroxyl groups is 2. The van der Waals surface area contributed by atoms with Gasteiger partial charge in [0.1, 0.15) is 0 Å². The Bertz CT molecular complexity index is 766. The van der Waals surface area contributed by atoms with E-state index in [1.165, 1.54) is 4.90 Å². The number of hydrogen-bond donors (Lipinski definition) is 3. The van der Waals surface area contributed by atoms with E-state index in [0.717, 1.165) is 11.1 Å². The molecule has 3 rings (SSSR count). The van der Waals surface area contributed by atoms with Gasteiger partial charge in [-0.05, 0) is 31.0 Å². The van der Waals surface area contributed by atoms with Gasteiger partial charge in [0, 0.05) is 53.9 Å². The Morgan fingerprint density at radius 2 is 1.62 bits per heavy atom. The Balaban J connectivity index is 2.06. The van der Waals surface area contributed by atoms with Crippen LogP contribution < -0.4 is 5.32 Å². The highest BCUT2D eigenvalue weighted by atomic mass is 16.3. The first-order chi connectivity index (χ1) is 11.7. The quantitative estimate of drug-likeness (QED) is 0.531. The summed E-state index contributed by atoms with van der Waals surface area (Å²) in [6.45, 7) is 0.854. The monoisotopic (exact) mass is 328 g/mol. The largest absolute Gasteiger partial charge is 0.396 e. The first-order valence-corrected chi connectivity index (χ1v) is 8.06. The van der Waals surface area contributed by atoms with E-state index in [4.69, 9.17) is 10.2 Å². The lowest BCUT2D eigenvalue weighted by Gasteiger charge is -2.27. The van der Waals surface area contributed by atoms with Gasteiger partial charge >= 0.3 is 0 Å². The van der Waals surface area contributed by atoms with Crippen molar-refractivity contribution in [2.45, 2.75) is 12.8 Å². The van der Waals surface area contributed by atoms with Crippen LogP contribution in [0.1, 0.15) is 33.6 Å². The van der Waals surface area contributed by atoms with Gasteiger partial charge in [0.2, 0.25) is 0 Å². The fourth-order valence-electron chi connectivity index (χ4n) is 3.03. The van der Waals surface area contributed by atoms with Gasteiger partial charge in [0.25, 0.3) is 11.8 Å². The topological polar surface area (TPSA) is 89.9 Å². The van der Waals surface area contributed by atoms with Gasteiger partial charge in [-0.1, -0.05) is 12.1 Å². The Kier molecular flexibility index (Phi) is 4.78. The van der Waals surface area contributed by atoms with Crippen LogP contribution in [0.15, 0.2) is 30.3 Å². The second kappa shape index (κ2) is 6.98. The molecule has 0 aliphatic carbocycles. The Hall–Kier alpha value is -2.44. The second-order valence-corrected chi connectivity index (χ2v) is 5.73. The second-order valence-electron chi connectivity index (χ2n) is 5.73. The summed E-state index contributed by atoms with van der Waals surface area (Å²) >= 11 is 0. The van der Waals surface area contributed by atoms with E-state index in [-0.39, 0.29) is 31.6 Å². The highest BCUT2D eigenvalue weighted by Crippen LogP contribution is 2.34. The molecule has 126 valence electrons. The molecule has 0 aromatic heterocycles. The van der Waals surface area contributed by atoms with Crippen LogP contribution in [-0.4, -0.2) is 53.2 Å². The minimum atomic E-state index is -0.320. The van der Waals surface area contributed by atoms with E-state index in [2.05, 4.69) is 5.32 Å². The van der Waals surface area contributed by atoms with E-state index < -0.39 is 0 Å². The summed E-state index contributed by atoms with van der Waals surface area (Å²) in [6.07, 6.45) is 0.985. The Morgan fingerprint density at radius 3 is 2.33 bits per heavy atom. The van der Waals surface area contributed by atoms with Crippen molar-refractivity contribution in [2.24, 2.45) is 0 Å². The predicted molar refractivity (Wildman–Crippen MR) is 91.2 cm³/mol. The van der Waals surface area contributed by atoms with Crippen LogP contribution in [0.2, 0.25) is 0 Å². The minimum Gasteiger partial charge on any atom is -0.396 e. The zero-order chi connectivity index (χ0) is 17.1. The Labute approximate surface area is 139 Å². The fourth-order valence-corrected chi connectivity index (χ4v) is 3.03. The first kappa shape index (κ1) is 16.4. The van der Waals surface area contributed by atoms with E-state index in [1.807, 2.05) is 12.1 Å². The number of nitrogens with zero attached hydrogens (tertiary/aromatic N) is 1. The first-order valence-electron chi connectivity index (χ1n) is 8.06. The van der Waals surface area contributed by atoms with E-state index in [9.17, 15) is 9.59 Å². The molecular weight excluding hydrogens is 308 g/mol. The highest BCUT2D eigenvalue weighted by molar-refractivity contribution is 6.26. The molecule has 2 amide bonds. The van der Waals surface area contributed by atoms with Crippen molar-refractivity contribution in [1.29, 1.82) is 0 Å². The maximum atomic E-state index is 12.7. The number of benzene rings is 2. The Morgan fingerprint density at radius 1 is 0.917 bits per heavy atom. The number of anilines is 1. The van der Waals surface area contributed by atoms with Gasteiger partial charge in [-0.2, -0.15) is 0 Å². The van der Waals surface area contributed by atoms with Crippen LogP contribution >= 0.6 is 0 Å². The summed E-state index contributed by atoms with van der Waals surface area (Å²) in [4.78, 5) is 26.5. The summed E-state index contributed by atoms with van der Waals surface area (Å²) in [5, 5.41) is 22.6. The van der Waals surface area contributed by atoms with Crippen LogP contribution in [0, 0.1) is 0 Å². The lowest BCUT2D eigenvalue weighted by molar-refractivity contribution is 0.0601. The van der Waals surface area contributed by atoms with E-state index in [1.54, 1.807) is 18.2 Å². The fraction of sp³-hybridized carbons (Fsp3) is 0.333. The molecule has 0 spiro atoms. The van der Waals surface area contributed by atoms with Gasteiger partial charge < -0.3 is 15.5 Å². The molecule has 6 heteroatoms. The number of imide groups is 1. The predicted octanol–water partition coefficient (Wildman–Crippen LogP) is 1.61. The summed E-state index contributed by atoms with van der Waals surface area (Å²) < 4.78 is 0. The van der Waals surface area contributed by atoms with Crippen LogP contribution in [0.25, 0.3) is 10.8 Å². The summed E-state index contributed by atoms with van der Waals surface area (Å²) in [7, 11) is 0. The van der Waals surface area contributed by atoms with E-state index in [0.29, 0.717) is 35.9 Å². The number of aliphatic hydroxyl groups excluding tert-OH is 2. The molecule has 1 heterocycles. The molecule has 1 aliphatic rings. The number of amides is 2. The van der Waals surface area contributed by atoms with Gasteiger partial charge in [-0.3, -0.25) is 14.5 Å². The van der Waals surface area contributed by atoms with Crippen molar-refractivity contribution < 1.29 is 19.8 Å². The normalized spacial score (nSPS) is 13.7.